The highest BCUT2D eigenvalue weighted by molar-refractivity contribution is 4.88. The lowest BCUT2D eigenvalue weighted by molar-refractivity contribution is 0.857. The smallest absolute Gasteiger partial charge is 0.0267 e. The van der Waals surface area contributed by atoms with Crippen molar-refractivity contribution in [3.05, 3.63) is 61.2 Å². The van der Waals surface area contributed by atoms with Crippen LogP contribution in [-0.4, -0.2) is 23.1 Å². The van der Waals surface area contributed by atoms with Crippen LogP contribution in [0.4, 0.5) is 0 Å². The Labute approximate surface area is 103 Å². The van der Waals surface area contributed by atoms with Gasteiger partial charge in [0.25, 0.3) is 0 Å². The Morgan fingerprint density at radius 2 is 1.00 bits per heavy atom. The molecule has 1 aliphatic heterocycles. The summed E-state index contributed by atoms with van der Waals surface area (Å²) in [5, 5.41) is 3.22. The third kappa shape index (κ3) is 9.20. The van der Waals surface area contributed by atoms with Crippen LogP contribution < -0.4 is 5.32 Å². The molecule has 0 radical (unpaired) electrons. The Morgan fingerprint density at radius 3 is 1.12 bits per heavy atom. The molecule has 0 atom stereocenters. The van der Waals surface area contributed by atoms with Crippen LogP contribution in [0.25, 0.3) is 0 Å². The highest BCUT2D eigenvalue weighted by Gasteiger charge is 1.93. The Bertz CT molecular complexity index is 241. The van der Waals surface area contributed by atoms with Crippen molar-refractivity contribution in [1.82, 2.24) is 15.3 Å². The number of nitrogens with zero attached hydrogens (tertiary/aromatic N) is 2. The fraction of sp³-hybridized carbons (Fsp3) is 0.286. The molecule has 0 unspecified atom stereocenters. The van der Waals surface area contributed by atoms with Crippen molar-refractivity contribution in [3.8, 4) is 0 Å². The van der Waals surface area contributed by atoms with Gasteiger partial charge in [0.15, 0.2) is 0 Å². The summed E-state index contributed by atoms with van der Waals surface area (Å²) in [5.74, 6) is 0. The van der Waals surface area contributed by atoms with E-state index in [1.807, 2.05) is 36.4 Å². The first kappa shape index (κ1) is 13.3. The van der Waals surface area contributed by atoms with Gasteiger partial charge in [-0.2, -0.15) is 0 Å². The van der Waals surface area contributed by atoms with Gasteiger partial charge in [0.05, 0.1) is 0 Å². The summed E-state index contributed by atoms with van der Waals surface area (Å²) in [6, 6.07) is 11.4. The molecule has 3 rings (SSSR count). The van der Waals surface area contributed by atoms with E-state index in [-0.39, 0.29) is 0 Å². The van der Waals surface area contributed by atoms with Crippen LogP contribution in [0.3, 0.4) is 0 Å². The van der Waals surface area contributed by atoms with Crippen LogP contribution in [0.15, 0.2) is 61.2 Å². The molecule has 3 heterocycles. The lowest BCUT2D eigenvalue weighted by atomic mass is 10.4. The van der Waals surface area contributed by atoms with E-state index in [1.54, 1.807) is 24.8 Å². The molecule has 1 fully saturated rings. The van der Waals surface area contributed by atoms with E-state index in [0.29, 0.717) is 0 Å². The minimum Gasteiger partial charge on any atom is -0.317 e. The molecule has 1 N–H and O–H groups in total. The van der Waals surface area contributed by atoms with Crippen molar-refractivity contribution < 1.29 is 0 Å². The van der Waals surface area contributed by atoms with Gasteiger partial charge in [0, 0.05) is 24.8 Å². The zero-order chi connectivity index (χ0) is 12.0. The van der Waals surface area contributed by atoms with Crippen molar-refractivity contribution in [2.24, 2.45) is 0 Å². The van der Waals surface area contributed by atoms with Crippen LogP contribution in [0, 0.1) is 0 Å². The van der Waals surface area contributed by atoms with Crippen LogP contribution in [0.2, 0.25) is 0 Å². The average Bonchev–Trinajstić information content (AvgIpc) is 3.03. The Morgan fingerprint density at radius 1 is 0.588 bits per heavy atom. The van der Waals surface area contributed by atoms with Crippen molar-refractivity contribution in [1.29, 1.82) is 0 Å². The molecule has 0 saturated carbocycles. The largest absolute Gasteiger partial charge is 0.317 e. The molecule has 17 heavy (non-hydrogen) atoms. The van der Waals surface area contributed by atoms with Crippen molar-refractivity contribution in [2.75, 3.05) is 13.1 Å². The maximum atomic E-state index is 3.78. The quantitative estimate of drug-likeness (QED) is 0.754. The number of pyridine rings is 2. The fourth-order valence-electron chi connectivity index (χ4n) is 1.25. The molecule has 0 aliphatic carbocycles. The maximum absolute atomic E-state index is 3.78. The second kappa shape index (κ2) is 10.8. The molecule has 1 aliphatic rings. The van der Waals surface area contributed by atoms with Gasteiger partial charge < -0.3 is 5.32 Å². The molecule has 2 aromatic heterocycles. The molecule has 90 valence electrons. The summed E-state index contributed by atoms with van der Waals surface area (Å²) in [4.78, 5) is 7.57. The first-order valence-corrected chi connectivity index (χ1v) is 5.91. The van der Waals surface area contributed by atoms with Gasteiger partial charge in [-0.3, -0.25) is 9.97 Å². The third-order valence-corrected chi connectivity index (χ3v) is 2.09. The third-order valence-electron chi connectivity index (χ3n) is 2.09. The number of hydrogen-bond donors (Lipinski definition) is 1. The van der Waals surface area contributed by atoms with Gasteiger partial charge in [0.2, 0.25) is 0 Å². The Hall–Kier alpha value is -1.74. The minimum atomic E-state index is 1.25. The molecule has 0 spiro atoms. The molecular formula is C14H19N3. The summed E-state index contributed by atoms with van der Waals surface area (Å²) in [6.45, 7) is 2.50. The summed E-state index contributed by atoms with van der Waals surface area (Å²) in [5.41, 5.74) is 0. The van der Waals surface area contributed by atoms with Crippen molar-refractivity contribution in [3.63, 3.8) is 0 Å². The van der Waals surface area contributed by atoms with E-state index in [2.05, 4.69) is 15.3 Å². The van der Waals surface area contributed by atoms with Gasteiger partial charge in [-0.05, 0) is 50.2 Å². The zero-order valence-electron chi connectivity index (χ0n) is 10.00. The number of hydrogen-bond acceptors (Lipinski definition) is 3. The van der Waals surface area contributed by atoms with E-state index in [4.69, 9.17) is 0 Å². The van der Waals surface area contributed by atoms with Crippen LogP contribution in [0.1, 0.15) is 12.8 Å². The van der Waals surface area contributed by atoms with E-state index in [1.165, 1.54) is 25.9 Å². The Kier molecular flexibility index (Phi) is 8.44. The number of aromatic nitrogens is 2. The number of rotatable bonds is 0. The summed E-state index contributed by atoms with van der Waals surface area (Å²) in [6.07, 6.45) is 9.78. The second-order valence-electron chi connectivity index (χ2n) is 3.51. The first-order valence-electron chi connectivity index (χ1n) is 5.91. The predicted molar refractivity (Wildman–Crippen MR) is 70.6 cm³/mol. The van der Waals surface area contributed by atoms with E-state index < -0.39 is 0 Å². The average molecular weight is 229 g/mol. The number of nitrogens with one attached hydrogen (secondary N) is 1. The molecule has 0 aromatic carbocycles. The fourth-order valence-corrected chi connectivity index (χ4v) is 1.25. The Balaban J connectivity index is 0.000000128. The van der Waals surface area contributed by atoms with E-state index in [9.17, 15) is 0 Å². The lowest BCUT2D eigenvalue weighted by Gasteiger charge is -1.76. The van der Waals surface area contributed by atoms with Gasteiger partial charge in [0.1, 0.15) is 0 Å². The summed E-state index contributed by atoms with van der Waals surface area (Å²) in [7, 11) is 0. The van der Waals surface area contributed by atoms with E-state index >= 15 is 0 Å². The zero-order valence-corrected chi connectivity index (χ0v) is 10.00. The lowest BCUT2D eigenvalue weighted by Crippen LogP contribution is -2.03. The van der Waals surface area contributed by atoms with Crippen molar-refractivity contribution >= 4 is 0 Å². The molecule has 3 nitrogen and oxygen atoms in total. The predicted octanol–water partition coefficient (Wildman–Crippen LogP) is 2.53. The normalized spacial score (nSPS) is 12.7. The molecule has 2 aromatic rings. The summed E-state index contributed by atoms with van der Waals surface area (Å²) >= 11 is 0. The second-order valence-corrected chi connectivity index (χ2v) is 3.51. The molecule has 0 bridgehead atoms. The maximum Gasteiger partial charge on any atom is 0.0267 e. The molecular weight excluding hydrogens is 210 g/mol. The minimum absolute atomic E-state index is 1.25. The van der Waals surface area contributed by atoms with Gasteiger partial charge in [-0.15, -0.1) is 0 Å². The van der Waals surface area contributed by atoms with Gasteiger partial charge >= 0.3 is 0 Å². The van der Waals surface area contributed by atoms with Crippen molar-refractivity contribution in [2.45, 2.75) is 12.8 Å². The van der Waals surface area contributed by atoms with E-state index in [0.717, 1.165) is 0 Å². The monoisotopic (exact) mass is 229 g/mol. The van der Waals surface area contributed by atoms with Crippen LogP contribution in [-0.2, 0) is 0 Å². The highest BCUT2D eigenvalue weighted by atomic mass is 14.9. The van der Waals surface area contributed by atoms with Gasteiger partial charge in [-0.1, -0.05) is 12.1 Å². The summed E-state index contributed by atoms with van der Waals surface area (Å²) < 4.78 is 0. The van der Waals surface area contributed by atoms with Crippen LogP contribution in [0.5, 0.6) is 0 Å². The molecule has 3 heteroatoms. The topological polar surface area (TPSA) is 37.8 Å². The standard InChI is InChI=1S/2C5H5N.C4H9N/c2*1-2-4-6-5-3-1;1-2-4-5-3-1/h2*1-5H;5H,1-4H2. The molecule has 0 amide bonds. The highest BCUT2D eigenvalue weighted by Crippen LogP contribution is 1.90. The first-order chi connectivity index (χ1) is 8.50. The molecule has 1 saturated heterocycles. The van der Waals surface area contributed by atoms with Crippen LogP contribution >= 0.6 is 0 Å². The van der Waals surface area contributed by atoms with Gasteiger partial charge in [-0.25, -0.2) is 0 Å². The SMILES string of the molecule is C1CCNC1.c1ccncc1.c1ccncc1.